The lowest BCUT2D eigenvalue weighted by Gasteiger charge is -2.24. The number of ether oxygens (including phenoxy) is 1. The summed E-state index contributed by atoms with van der Waals surface area (Å²) in [6, 6.07) is 26.4. The minimum absolute atomic E-state index is 0.451. The van der Waals surface area contributed by atoms with Crippen LogP contribution in [-0.2, 0) is 30.5 Å². The van der Waals surface area contributed by atoms with Crippen LogP contribution in [0.15, 0.2) is 91.3 Å². The number of aromatic amines is 2. The molecule has 1 atom stereocenters. The number of rotatable bonds is 10. The highest BCUT2D eigenvalue weighted by Crippen LogP contribution is 2.26. The van der Waals surface area contributed by atoms with E-state index >= 15 is 0 Å². The molecule has 0 saturated heterocycles. The maximum atomic E-state index is 13.1. The molecule has 0 aliphatic carbocycles. The molecule has 0 bridgehead atoms. The number of alkyl carbamates (subject to hydrolysis) is 1. The zero-order valence-electron chi connectivity index (χ0n) is 24.9. The van der Waals surface area contributed by atoms with Gasteiger partial charge in [-0.3, -0.25) is 0 Å². The van der Waals surface area contributed by atoms with Gasteiger partial charge in [0.15, 0.2) is 5.82 Å². The maximum Gasteiger partial charge on any atom is 0.408 e. The molecule has 6 aromatic rings. The molecule has 0 unspecified atom stereocenters. The number of para-hydroxylation sites is 2. The molecule has 43 heavy (non-hydrogen) atoms. The van der Waals surface area contributed by atoms with Crippen LogP contribution in [0.3, 0.4) is 0 Å². The Morgan fingerprint density at radius 2 is 1.47 bits per heavy atom. The molecule has 6 rings (SSSR count). The summed E-state index contributed by atoms with van der Waals surface area (Å²) in [7, 11) is 0. The Balaban J connectivity index is 1.32. The van der Waals surface area contributed by atoms with Crippen molar-refractivity contribution in [3.8, 4) is 0 Å². The monoisotopic (exact) mass is 574 g/mol. The van der Waals surface area contributed by atoms with Gasteiger partial charge in [-0.25, -0.2) is 4.79 Å². The SMILES string of the molecule is CC(C)(C)OC(=O)N[C@H](Cc1c[nH]c2ccccc12)c1nnc(CCCc2c[nH]c3ccccc23)n1Cc1ccccc1. The number of hydrogen-bond donors (Lipinski definition) is 3. The Hall–Kier alpha value is -4.85. The van der Waals surface area contributed by atoms with Gasteiger partial charge in [-0.1, -0.05) is 66.7 Å². The first-order chi connectivity index (χ1) is 20.8. The van der Waals surface area contributed by atoms with E-state index in [2.05, 4.69) is 68.5 Å². The molecule has 0 aliphatic rings. The highest BCUT2D eigenvalue weighted by molar-refractivity contribution is 5.83. The zero-order valence-corrected chi connectivity index (χ0v) is 24.9. The summed E-state index contributed by atoms with van der Waals surface area (Å²) in [6.45, 7) is 6.20. The first-order valence-electron chi connectivity index (χ1n) is 14.9. The smallest absolute Gasteiger partial charge is 0.408 e. The quantitative estimate of drug-likeness (QED) is 0.160. The third-order valence-corrected chi connectivity index (χ3v) is 7.66. The normalized spacial score (nSPS) is 12.5. The molecule has 220 valence electrons. The number of amides is 1. The Bertz CT molecular complexity index is 1830. The van der Waals surface area contributed by atoms with E-state index in [-0.39, 0.29) is 0 Å². The van der Waals surface area contributed by atoms with Crippen LogP contribution in [0.1, 0.15) is 61.6 Å². The number of benzene rings is 3. The number of carbonyl (C=O) groups is 1. The van der Waals surface area contributed by atoms with Crippen LogP contribution in [-0.4, -0.2) is 36.4 Å². The molecular weight excluding hydrogens is 536 g/mol. The van der Waals surface area contributed by atoms with E-state index in [4.69, 9.17) is 14.9 Å². The summed E-state index contributed by atoms with van der Waals surface area (Å²) in [5, 5.41) is 14.9. The second kappa shape index (κ2) is 12.2. The van der Waals surface area contributed by atoms with E-state index in [1.807, 2.05) is 63.4 Å². The van der Waals surface area contributed by atoms with Gasteiger partial charge in [0.05, 0.1) is 12.6 Å². The molecule has 3 aromatic carbocycles. The van der Waals surface area contributed by atoms with Crippen molar-refractivity contribution in [1.82, 2.24) is 30.0 Å². The number of hydrogen-bond acceptors (Lipinski definition) is 4. The van der Waals surface area contributed by atoms with Gasteiger partial charge < -0.3 is 24.6 Å². The number of aromatic nitrogens is 5. The number of H-pyrrole nitrogens is 2. The Labute approximate surface area is 251 Å². The van der Waals surface area contributed by atoms with Crippen molar-refractivity contribution < 1.29 is 9.53 Å². The van der Waals surface area contributed by atoms with Crippen molar-refractivity contribution in [1.29, 1.82) is 0 Å². The van der Waals surface area contributed by atoms with E-state index in [0.29, 0.717) is 18.8 Å². The number of nitrogens with zero attached hydrogens (tertiary/aromatic N) is 3. The molecule has 0 radical (unpaired) electrons. The molecule has 8 nitrogen and oxygen atoms in total. The standard InChI is InChI=1S/C35H38N6O2/c1-35(2,3)43-34(42)38-31(20-26-22-37-30-18-10-8-16-28(26)30)33-40-39-32(41(33)23-24-12-5-4-6-13-24)19-11-14-25-21-36-29-17-9-7-15-27(25)29/h4-10,12-13,15-18,21-22,31,36-37H,11,14,19-20,23H2,1-3H3,(H,38,42)/t31-/m1/s1. The third kappa shape index (κ3) is 6.64. The summed E-state index contributed by atoms with van der Waals surface area (Å²) in [4.78, 5) is 19.9. The van der Waals surface area contributed by atoms with Crippen molar-refractivity contribution in [2.45, 2.75) is 64.6 Å². The average Bonchev–Trinajstić information content (AvgIpc) is 3.70. The minimum atomic E-state index is -0.624. The van der Waals surface area contributed by atoms with Gasteiger partial charge in [-0.15, -0.1) is 10.2 Å². The molecule has 1 amide bonds. The molecule has 3 aromatic heterocycles. The first kappa shape index (κ1) is 28.3. The average molecular weight is 575 g/mol. The highest BCUT2D eigenvalue weighted by Gasteiger charge is 2.27. The zero-order chi connectivity index (χ0) is 29.8. The van der Waals surface area contributed by atoms with Gasteiger partial charge >= 0.3 is 6.09 Å². The molecular formula is C35H38N6O2. The maximum absolute atomic E-state index is 13.1. The number of nitrogens with one attached hydrogen (secondary N) is 3. The number of aryl methyl sites for hydroxylation is 2. The van der Waals surface area contributed by atoms with Crippen molar-refractivity contribution >= 4 is 27.9 Å². The van der Waals surface area contributed by atoms with Gasteiger partial charge in [-0.2, -0.15) is 0 Å². The summed E-state index contributed by atoms with van der Waals surface area (Å²) >= 11 is 0. The lowest BCUT2D eigenvalue weighted by atomic mass is 10.0. The minimum Gasteiger partial charge on any atom is -0.444 e. The van der Waals surface area contributed by atoms with E-state index in [1.165, 1.54) is 10.9 Å². The molecule has 0 fully saturated rings. The fourth-order valence-corrected chi connectivity index (χ4v) is 5.68. The van der Waals surface area contributed by atoms with Gasteiger partial charge in [0.1, 0.15) is 11.4 Å². The Kier molecular flexibility index (Phi) is 8.01. The van der Waals surface area contributed by atoms with Crippen LogP contribution in [0.2, 0.25) is 0 Å². The van der Waals surface area contributed by atoms with Crippen LogP contribution in [0.4, 0.5) is 4.79 Å². The molecule has 8 heteroatoms. The second-order valence-corrected chi connectivity index (χ2v) is 12.0. The topological polar surface area (TPSA) is 101 Å². The molecule has 3 heterocycles. The highest BCUT2D eigenvalue weighted by atomic mass is 16.6. The summed E-state index contributed by atoms with van der Waals surface area (Å²) in [6.07, 6.45) is 6.76. The van der Waals surface area contributed by atoms with Crippen molar-refractivity contribution in [2.24, 2.45) is 0 Å². The lowest BCUT2D eigenvalue weighted by Crippen LogP contribution is -2.37. The molecule has 0 spiro atoms. The van der Waals surface area contributed by atoms with Gasteiger partial charge in [0, 0.05) is 47.0 Å². The predicted octanol–water partition coefficient (Wildman–Crippen LogP) is 7.27. The number of carbonyl (C=O) groups excluding carboxylic acids is 1. The van der Waals surface area contributed by atoms with Gasteiger partial charge in [0.2, 0.25) is 0 Å². The van der Waals surface area contributed by atoms with Crippen LogP contribution in [0.5, 0.6) is 0 Å². The third-order valence-electron chi connectivity index (χ3n) is 7.66. The van der Waals surface area contributed by atoms with E-state index in [0.717, 1.165) is 52.6 Å². The molecule has 0 aliphatic heterocycles. The fraction of sp³-hybridized carbons (Fsp3) is 0.286. The van der Waals surface area contributed by atoms with E-state index in [9.17, 15) is 4.79 Å². The lowest BCUT2D eigenvalue weighted by molar-refractivity contribution is 0.0500. The summed E-state index contributed by atoms with van der Waals surface area (Å²) < 4.78 is 7.85. The Morgan fingerprint density at radius 1 is 0.837 bits per heavy atom. The van der Waals surface area contributed by atoms with Crippen molar-refractivity contribution in [2.75, 3.05) is 0 Å². The van der Waals surface area contributed by atoms with E-state index in [1.54, 1.807) is 0 Å². The second-order valence-electron chi connectivity index (χ2n) is 12.0. The van der Waals surface area contributed by atoms with Crippen LogP contribution >= 0.6 is 0 Å². The van der Waals surface area contributed by atoms with Crippen LogP contribution in [0, 0.1) is 0 Å². The van der Waals surface area contributed by atoms with Crippen LogP contribution in [0.25, 0.3) is 21.8 Å². The fourth-order valence-electron chi connectivity index (χ4n) is 5.68. The molecule has 3 N–H and O–H groups in total. The molecule has 0 saturated carbocycles. The first-order valence-corrected chi connectivity index (χ1v) is 14.9. The van der Waals surface area contributed by atoms with Crippen molar-refractivity contribution in [3.63, 3.8) is 0 Å². The predicted molar refractivity (Wildman–Crippen MR) is 170 cm³/mol. The largest absolute Gasteiger partial charge is 0.444 e. The van der Waals surface area contributed by atoms with Crippen LogP contribution < -0.4 is 5.32 Å². The van der Waals surface area contributed by atoms with Crippen molar-refractivity contribution in [3.05, 3.63) is 120 Å². The Morgan fingerprint density at radius 3 is 2.16 bits per heavy atom. The summed E-state index contributed by atoms with van der Waals surface area (Å²) in [5.41, 5.74) is 5.11. The van der Waals surface area contributed by atoms with Gasteiger partial charge in [0.25, 0.3) is 0 Å². The number of fused-ring (bicyclic) bond motifs is 2. The summed E-state index contributed by atoms with van der Waals surface area (Å²) in [5.74, 6) is 1.61. The van der Waals surface area contributed by atoms with E-state index < -0.39 is 17.7 Å². The van der Waals surface area contributed by atoms with Gasteiger partial charge in [-0.05, 0) is 62.4 Å².